The van der Waals surface area contributed by atoms with Crippen LogP contribution in [0.2, 0.25) is 0 Å². The first kappa shape index (κ1) is 32.3. The van der Waals surface area contributed by atoms with Gasteiger partial charge in [-0.25, -0.2) is 0 Å². The molecule has 0 aliphatic carbocycles. The summed E-state index contributed by atoms with van der Waals surface area (Å²) in [7, 11) is 0. The van der Waals surface area contributed by atoms with Crippen LogP contribution in [0.25, 0.3) is 0 Å². The highest BCUT2D eigenvalue weighted by molar-refractivity contribution is 6.17. The summed E-state index contributed by atoms with van der Waals surface area (Å²) in [5.41, 5.74) is 4.24. The van der Waals surface area contributed by atoms with Crippen molar-refractivity contribution in [3.05, 3.63) is 144 Å². The highest BCUT2D eigenvalue weighted by Crippen LogP contribution is 2.31. The lowest BCUT2D eigenvalue weighted by Crippen LogP contribution is -2.61. The van der Waals surface area contributed by atoms with Crippen LogP contribution < -0.4 is 0 Å². The fourth-order valence-corrected chi connectivity index (χ4v) is 5.24. The molecule has 0 amide bonds. The molecule has 1 fully saturated rings. The Bertz CT molecular complexity index is 1310. The lowest BCUT2D eigenvalue weighted by atomic mass is 9.97. The van der Waals surface area contributed by atoms with E-state index in [1.165, 1.54) is 0 Å². The fourth-order valence-electron chi connectivity index (χ4n) is 5.14. The van der Waals surface area contributed by atoms with Gasteiger partial charge in [0.2, 0.25) is 0 Å². The first-order chi connectivity index (χ1) is 21.8. The number of hydrogen-bond donors (Lipinski definition) is 0. The van der Waals surface area contributed by atoms with Crippen molar-refractivity contribution in [2.75, 3.05) is 19.1 Å². The molecule has 1 aliphatic rings. The first-order valence-electron chi connectivity index (χ1n) is 15.2. The van der Waals surface area contributed by atoms with Gasteiger partial charge in [-0.2, -0.15) is 0 Å². The molecular weight excluding hydrogens is 576 g/mol. The molecule has 5 rings (SSSR count). The van der Waals surface area contributed by atoms with E-state index in [1.54, 1.807) is 0 Å². The van der Waals surface area contributed by atoms with E-state index in [4.69, 9.17) is 40.0 Å². The third kappa shape index (κ3) is 9.98. The van der Waals surface area contributed by atoms with Gasteiger partial charge < -0.3 is 28.4 Å². The van der Waals surface area contributed by atoms with Gasteiger partial charge in [-0.1, -0.05) is 121 Å². The number of halogens is 1. The monoisotopic (exact) mass is 616 g/mol. The predicted molar refractivity (Wildman–Crippen MR) is 171 cm³/mol. The second-order valence-electron chi connectivity index (χ2n) is 10.7. The van der Waals surface area contributed by atoms with Gasteiger partial charge in [-0.05, 0) is 28.7 Å². The average molecular weight is 617 g/mol. The van der Waals surface area contributed by atoms with E-state index in [-0.39, 0.29) is 0 Å². The molecule has 1 heterocycles. The molecule has 0 saturated carbocycles. The number of ether oxygens (including phenoxy) is 6. The van der Waals surface area contributed by atoms with Crippen molar-refractivity contribution >= 4 is 11.6 Å². The summed E-state index contributed by atoms with van der Waals surface area (Å²) in [5.74, 6) is 0.489. The Labute approximate surface area is 265 Å². The molecule has 0 unspecified atom stereocenters. The van der Waals surface area contributed by atoms with Crippen LogP contribution in [0, 0.1) is 0 Å². The smallest absolute Gasteiger partial charge is 0.186 e. The Kier molecular flexibility index (Phi) is 13.2. The van der Waals surface area contributed by atoms with E-state index in [0.29, 0.717) is 51.9 Å². The molecule has 232 valence electrons. The Morgan fingerprint density at radius 2 is 0.932 bits per heavy atom. The van der Waals surface area contributed by atoms with Gasteiger partial charge in [0.25, 0.3) is 0 Å². The topological polar surface area (TPSA) is 55.4 Å². The molecule has 1 aliphatic heterocycles. The zero-order chi connectivity index (χ0) is 30.2. The molecule has 4 aromatic carbocycles. The van der Waals surface area contributed by atoms with Crippen LogP contribution in [0.5, 0.6) is 0 Å². The van der Waals surface area contributed by atoms with Gasteiger partial charge >= 0.3 is 0 Å². The number of alkyl halides is 1. The maximum Gasteiger partial charge on any atom is 0.186 e. The average Bonchev–Trinajstić information content (AvgIpc) is 3.08. The van der Waals surface area contributed by atoms with Crippen molar-refractivity contribution in [3.63, 3.8) is 0 Å². The molecule has 0 radical (unpaired) electrons. The SMILES string of the molecule is ClCCCO[C@@H]1O[C@H](COCc2ccccc2)[C@@H](OCc2ccccc2)[C@H](OCc2ccccc2)[C@H]1OCc1ccccc1. The van der Waals surface area contributed by atoms with Crippen molar-refractivity contribution < 1.29 is 28.4 Å². The number of benzene rings is 4. The molecule has 4 aromatic rings. The van der Waals surface area contributed by atoms with Crippen LogP contribution in [-0.4, -0.2) is 49.8 Å². The molecule has 6 nitrogen and oxygen atoms in total. The first-order valence-corrected chi connectivity index (χ1v) is 15.7. The van der Waals surface area contributed by atoms with Gasteiger partial charge in [-0.15, -0.1) is 11.6 Å². The molecular formula is C37H41ClO6. The third-order valence-corrected chi connectivity index (χ3v) is 7.67. The van der Waals surface area contributed by atoms with Crippen LogP contribution in [0.4, 0.5) is 0 Å². The van der Waals surface area contributed by atoms with Crippen molar-refractivity contribution in [3.8, 4) is 0 Å². The van der Waals surface area contributed by atoms with E-state index in [0.717, 1.165) is 22.3 Å². The van der Waals surface area contributed by atoms with Crippen molar-refractivity contribution in [2.45, 2.75) is 63.6 Å². The molecule has 0 N–H and O–H groups in total. The van der Waals surface area contributed by atoms with E-state index < -0.39 is 30.7 Å². The molecule has 0 spiro atoms. The van der Waals surface area contributed by atoms with E-state index in [2.05, 4.69) is 0 Å². The van der Waals surface area contributed by atoms with Crippen molar-refractivity contribution in [2.24, 2.45) is 0 Å². The molecule has 0 aromatic heterocycles. The zero-order valence-electron chi connectivity index (χ0n) is 24.9. The predicted octanol–water partition coefficient (Wildman–Crippen LogP) is 7.33. The summed E-state index contributed by atoms with van der Waals surface area (Å²) < 4.78 is 39.1. The maximum atomic E-state index is 6.71. The maximum absolute atomic E-state index is 6.71. The quantitative estimate of drug-likeness (QED) is 0.0915. The number of hydrogen-bond acceptors (Lipinski definition) is 6. The molecule has 5 atom stereocenters. The minimum absolute atomic E-state index is 0.292. The van der Waals surface area contributed by atoms with Crippen molar-refractivity contribution in [1.82, 2.24) is 0 Å². The summed E-state index contributed by atoms with van der Waals surface area (Å²) in [6.45, 7) is 2.31. The molecule has 0 bridgehead atoms. The second kappa shape index (κ2) is 18.0. The fraction of sp³-hybridized carbons (Fsp3) is 0.351. The van der Waals surface area contributed by atoms with Crippen LogP contribution in [0.1, 0.15) is 28.7 Å². The summed E-state index contributed by atoms with van der Waals surface area (Å²) in [6.07, 6.45) is -2.07. The summed E-state index contributed by atoms with van der Waals surface area (Å²) in [4.78, 5) is 0. The molecule has 1 saturated heterocycles. The van der Waals surface area contributed by atoms with Crippen molar-refractivity contribution in [1.29, 1.82) is 0 Å². The van der Waals surface area contributed by atoms with Crippen LogP contribution in [0.3, 0.4) is 0 Å². The zero-order valence-corrected chi connectivity index (χ0v) is 25.7. The summed E-state index contributed by atoms with van der Waals surface area (Å²) in [5, 5.41) is 0. The van der Waals surface area contributed by atoms with Gasteiger partial charge in [0, 0.05) is 5.88 Å². The Morgan fingerprint density at radius 1 is 0.500 bits per heavy atom. The lowest BCUT2D eigenvalue weighted by Gasteiger charge is -2.46. The van der Waals surface area contributed by atoms with E-state index in [9.17, 15) is 0 Å². The normalized spacial score (nSPS) is 21.7. The van der Waals surface area contributed by atoms with Gasteiger partial charge in [-0.3, -0.25) is 0 Å². The largest absolute Gasteiger partial charge is 0.374 e. The standard InChI is InChI=1S/C37H41ClO6/c38-22-13-23-40-37-36(43-27-32-20-11-4-12-21-32)35(42-26-31-18-9-3-10-19-31)34(41-25-30-16-7-2-8-17-30)33(44-37)28-39-24-29-14-5-1-6-15-29/h1-12,14-21,33-37H,13,22-28H2/t33-,34-,35+,36-,37-/m1/s1. The molecule has 44 heavy (non-hydrogen) atoms. The number of rotatable bonds is 17. The minimum Gasteiger partial charge on any atom is -0.374 e. The van der Waals surface area contributed by atoms with Crippen LogP contribution in [0.15, 0.2) is 121 Å². The Hall–Kier alpha value is -3.07. The van der Waals surface area contributed by atoms with Crippen LogP contribution in [-0.2, 0) is 54.8 Å². The molecule has 7 heteroatoms. The van der Waals surface area contributed by atoms with E-state index >= 15 is 0 Å². The summed E-state index contributed by atoms with van der Waals surface area (Å²) in [6, 6.07) is 40.4. The lowest BCUT2D eigenvalue weighted by molar-refractivity contribution is -0.328. The van der Waals surface area contributed by atoms with Gasteiger partial charge in [0.1, 0.15) is 24.4 Å². The summed E-state index contributed by atoms with van der Waals surface area (Å²) >= 11 is 6.00. The third-order valence-electron chi connectivity index (χ3n) is 7.40. The van der Waals surface area contributed by atoms with Gasteiger partial charge in [0.15, 0.2) is 6.29 Å². The highest BCUT2D eigenvalue weighted by Gasteiger charge is 2.49. The second-order valence-corrected chi connectivity index (χ2v) is 11.1. The minimum atomic E-state index is -0.704. The Balaban J connectivity index is 1.41. The van der Waals surface area contributed by atoms with E-state index in [1.807, 2.05) is 121 Å². The Morgan fingerprint density at radius 3 is 1.41 bits per heavy atom. The van der Waals surface area contributed by atoms with Gasteiger partial charge in [0.05, 0.1) is 39.6 Å². The van der Waals surface area contributed by atoms with Crippen LogP contribution >= 0.6 is 11.6 Å². The highest BCUT2D eigenvalue weighted by atomic mass is 35.5.